The molecule has 0 bridgehead atoms. The van der Waals surface area contributed by atoms with E-state index in [1.807, 2.05) is 18.2 Å². The van der Waals surface area contributed by atoms with Crippen LogP contribution in [0.4, 0.5) is 0 Å². The summed E-state index contributed by atoms with van der Waals surface area (Å²) in [6.07, 6.45) is 6.24. The van der Waals surface area contributed by atoms with Gasteiger partial charge in [0.25, 0.3) is 5.91 Å². The summed E-state index contributed by atoms with van der Waals surface area (Å²) < 4.78 is 6.42. The quantitative estimate of drug-likeness (QED) is 0.773. The lowest BCUT2D eigenvalue weighted by molar-refractivity contribution is -0.126. The Morgan fingerprint density at radius 1 is 1.10 bits per heavy atom. The molecule has 3 heterocycles. The fourth-order valence-electron chi connectivity index (χ4n) is 5.56. The van der Waals surface area contributed by atoms with Gasteiger partial charge in [-0.25, -0.2) is 0 Å². The summed E-state index contributed by atoms with van der Waals surface area (Å²) in [6.45, 7) is 6.11. The molecule has 4 aliphatic rings. The first-order chi connectivity index (χ1) is 15.0. The van der Waals surface area contributed by atoms with Crippen molar-refractivity contribution < 1.29 is 19.4 Å². The lowest BCUT2D eigenvalue weighted by Crippen LogP contribution is -2.49. The highest BCUT2D eigenvalue weighted by atomic mass is 16.5. The Kier molecular flexibility index (Phi) is 5.48. The van der Waals surface area contributed by atoms with E-state index in [1.165, 1.54) is 0 Å². The summed E-state index contributed by atoms with van der Waals surface area (Å²) in [6, 6.07) is 5.65. The first-order valence-electron chi connectivity index (χ1n) is 11.5. The molecule has 2 saturated heterocycles. The number of nitrogens with zero attached hydrogens (tertiary/aromatic N) is 2. The van der Waals surface area contributed by atoms with E-state index in [4.69, 9.17) is 4.74 Å². The van der Waals surface area contributed by atoms with Crippen molar-refractivity contribution in [2.75, 3.05) is 13.1 Å². The summed E-state index contributed by atoms with van der Waals surface area (Å²) in [5.74, 6) is 0.568. The number of carbonyl (C=O) groups is 2. The Bertz CT molecular complexity index is 893. The first kappa shape index (κ1) is 20.5. The first-order valence-corrected chi connectivity index (χ1v) is 11.5. The molecule has 7 nitrogen and oxygen atoms in total. The predicted octanol–water partition coefficient (Wildman–Crippen LogP) is 2.19. The molecular formula is C24H31N3O4. The highest BCUT2D eigenvalue weighted by molar-refractivity contribution is 6.01. The van der Waals surface area contributed by atoms with Gasteiger partial charge in [-0.2, -0.15) is 0 Å². The molecule has 1 saturated carbocycles. The number of aliphatic hydroxyl groups excluding tert-OH is 1. The molecular weight excluding hydrogens is 394 g/mol. The molecule has 3 aliphatic heterocycles. The number of amides is 2. The van der Waals surface area contributed by atoms with Crippen LogP contribution in [0.2, 0.25) is 0 Å². The number of benzene rings is 1. The number of ether oxygens (including phenoxy) is 1. The minimum absolute atomic E-state index is 0.0835. The Labute approximate surface area is 183 Å². The molecule has 2 N–H and O–H groups in total. The molecule has 1 unspecified atom stereocenters. The predicted molar refractivity (Wildman–Crippen MR) is 115 cm³/mol. The maximum atomic E-state index is 12.9. The average molecular weight is 426 g/mol. The molecule has 1 aromatic carbocycles. The van der Waals surface area contributed by atoms with Crippen molar-refractivity contribution in [3.8, 4) is 5.75 Å². The second-order valence-corrected chi connectivity index (χ2v) is 9.32. The van der Waals surface area contributed by atoms with Crippen LogP contribution in [-0.4, -0.2) is 64.1 Å². The summed E-state index contributed by atoms with van der Waals surface area (Å²) in [4.78, 5) is 29.4. The van der Waals surface area contributed by atoms with Crippen molar-refractivity contribution in [2.45, 2.75) is 75.8 Å². The number of carbonyl (C=O) groups excluding carboxylic acids is 2. The van der Waals surface area contributed by atoms with Gasteiger partial charge in [-0.3, -0.25) is 14.5 Å². The van der Waals surface area contributed by atoms with Crippen molar-refractivity contribution in [1.82, 2.24) is 15.1 Å². The van der Waals surface area contributed by atoms with Gasteiger partial charge in [0, 0.05) is 36.9 Å². The minimum atomic E-state index is -0.441. The van der Waals surface area contributed by atoms with Crippen LogP contribution in [0, 0.1) is 0 Å². The van der Waals surface area contributed by atoms with Crippen LogP contribution >= 0.6 is 0 Å². The van der Waals surface area contributed by atoms with Crippen molar-refractivity contribution in [1.29, 1.82) is 0 Å². The zero-order chi connectivity index (χ0) is 21.5. The van der Waals surface area contributed by atoms with Crippen LogP contribution < -0.4 is 10.1 Å². The highest BCUT2D eigenvalue weighted by Gasteiger charge is 2.39. The van der Waals surface area contributed by atoms with Gasteiger partial charge in [0.15, 0.2) is 0 Å². The van der Waals surface area contributed by atoms with E-state index in [0.29, 0.717) is 31.0 Å². The van der Waals surface area contributed by atoms with Crippen LogP contribution in [0.3, 0.4) is 0 Å². The molecule has 2 amide bonds. The summed E-state index contributed by atoms with van der Waals surface area (Å²) in [7, 11) is 0. The molecule has 3 fully saturated rings. The third-order valence-electron chi connectivity index (χ3n) is 7.28. The second-order valence-electron chi connectivity index (χ2n) is 9.32. The van der Waals surface area contributed by atoms with Crippen LogP contribution in [0.15, 0.2) is 30.5 Å². The fourth-order valence-corrected chi connectivity index (χ4v) is 5.56. The van der Waals surface area contributed by atoms with Gasteiger partial charge in [-0.1, -0.05) is 6.58 Å². The monoisotopic (exact) mass is 425 g/mol. The van der Waals surface area contributed by atoms with Gasteiger partial charge in [0.05, 0.1) is 6.10 Å². The van der Waals surface area contributed by atoms with E-state index in [9.17, 15) is 14.7 Å². The topological polar surface area (TPSA) is 82.1 Å². The van der Waals surface area contributed by atoms with E-state index in [2.05, 4.69) is 16.8 Å². The molecule has 31 heavy (non-hydrogen) atoms. The minimum Gasteiger partial charge on any atom is -0.489 e. The maximum Gasteiger partial charge on any atom is 0.255 e. The largest absolute Gasteiger partial charge is 0.489 e. The number of allylic oxidation sites excluding steroid dienone is 1. The second kappa shape index (κ2) is 8.28. The van der Waals surface area contributed by atoms with E-state index in [-0.39, 0.29) is 24.0 Å². The number of rotatable bonds is 4. The molecule has 166 valence electrons. The standard InChI is InChI=1S/C24H31N3O4/c1-15-5-8-21(23(29)25-15)27-14-16-13-18(6-7-19(16)24(27)30)31-22-4-2-3-20(22)26-11-9-17(28)10-12-26/h6-7,13,17,20-22,28H,1-5,8-12,14H2,(H,25,29)/t20-,21?,22-/m0/s1. The van der Waals surface area contributed by atoms with Gasteiger partial charge >= 0.3 is 0 Å². The van der Waals surface area contributed by atoms with Gasteiger partial charge in [0.1, 0.15) is 17.9 Å². The van der Waals surface area contributed by atoms with E-state index in [1.54, 1.807) is 4.90 Å². The zero-order valence-corrected chi connectivity index (χ0v) is 17.9. The molecule has 5 rings (SSSR count). The Balaban J connectivity index is 1.27. The molecule has 0 spiro atoms. The van der Waals surface area contributed by atoms with Gasteiger partial charge < -0.3 is 20.1 Å². The Hall–Kier alpha value is -2.38. The number of aliphatic hydroxyl groups is 1. The lowest BCUT2D eigenvalue weighted by atomic mass is 10.0. The van der Waals surface area contributed by atoms with Gasteiger partial charge in [-0.05, 0) is 68.7 Å². The smallest absolute Gasteiger partial charge is 0.255 e. The number of nitrogens with one attached hydrogen (secondary N) is 1. The molecule has 7 heteroatoms. The van der Waals surface area contributed by atoms with E-state index in [0.717, 1.165) is 62.2 Å². The van der Waals surface area contributed by atoms with Crippen LogP contribution in [-0.2, 0) is 11.3 Å². The molecule has 1 aliphatic carbocycles. The lowest BCUT2D eigenvalue weighted by Gasteiger charge is -2.37. The van der Waals surface area contributed by atoms with E-state index >= 15 is 0 Å². The average Bonchev–Trinajstić information content (AvgIpc) is 3.33. The van der Waals surface area contributed by atoms with Gasteiger partial charge in [0.2, 0.25) is 5.91 Å². The summed E-state index contributed by atoms with van der Waals surface area (Å²) >= 11 is 0. The number of likely N-dealkylation sites (tertiary alicyclic amines) is 1. The van der Waals surface area contributed by atoms with Crippen molar-refractivity contribution in [3.63, 3.8) is 0 Å². The van der Waals surface area contributed by atoms with Crippen molar-refractivity contribution >= 4 is 11.8 Å². The molecule has 0 aromatic heterocycles. The number of piperidine rings is 2. The zero-order valence-electron chi connectivity index (χ0n) is 17.9. The van der Waals surface area contributed by atoms with Crippen molar-refractivity contribution in [2.24, 2.45) is 0 Å². The SMILES string of the molecule is C=C1CCC(N2Cc3cc(O[C@H]4CCC[C@@H]4N4CCC(O)CC4)ccc3C2=O)C(=O)N1. The van der Waals surface area contributed by atoms with Crippen LogP contribution in [0.5, 0.6) is 5.75 Å². The third-order valence-corrected chi connectivity index (χ3v) is 7.28. The summed E-state index contributed by atoms with van der Waals surface area (Å²) in [5.41, 5.74) is 2.31. The Morgan fingerprint density at radius 3 is 2.68 bits per heavy atom. The number of hydrogen-bond donors (Lipinski definition) is 2. The van der Waals surface area contributed by atoms with Crippen LogP contribution in [0.25, 0.3) is 0 Å². The maximum absolute atomic E-state index is 12.9. The highest BCUT2D eigenvalue weighted by Crippen LogP contribution is 2.34. The third kappa shape index (κ3) is 3.96. The summed E-state index contributed by atoms with van der Waals surface area (Å²) in [5, 5.41) is 12.6. The molecule has 1 aromatic rings. The van der Waals surface area contributed by atoms with Crippen molar-refractivity contribution in [3.05, 3.63) is 41.6 Å². The van der Waals surface area contributed by atoms with Crippen LogP contribution in [0.1, 0.15) is 60.9 Å². The van der Waals surface area contributed by atoms with E-state index < -0.39 is 6.04 Å². The normalized spacial score (nSPS) is 29.9. The fraction of sp³-hybridized carbons (Fsp3) is 0.583. The number of fused-ring (bicyclic) bond motifs is 1. The molecule has 3 atom stereocenters. The Morgan fingerprint density at radius 2 is 1.90 bits per heavy atom. The number of hydrogen-bond acceptors (Lipinski definition) is 5. The van der Waals surface area contributed by atoms with Gasteiger partial charge in [-0.15, -0.1) is 0 Å². The molecule has 0 radical (unpaired) electrons.